The molecule has 9 heteroatoms. The molecule has 1 aliphatic heterocycles. The molecule has 1 fully saturated rings. The predicted octanol–water partition coefficient (Wildman–Crippen LogP) is 2.46. The first-order valence-corrected chi connectivity index (χ1v) is 12.8. The fraction of sp³-hybridized carbons (Fsp3) is 0.478. The number of carbonyl (C=O) groups excluding carboxylic acids is 1. The average Bonchev–Trinajstić information content (AvgIpc) is 3.11. The normalized spacial score (nSPS) is 17.6. The maximum Gasteiger partial charge on any atom is 0.235 e. The van der Waals surface area contributed by atoms with Crippen molar-refractivity contribution in [3.8, 4) is 0 Å². The molecule has 0 spiro atoms. The standard InChI is InChI=1S/C23H31N3O5S/c27-21(15-26-23(28)17-32(29,30)16-22-6-4-12-31-22)8-7-20-14-18(9-11-25-20)13-19-5-2-1-3-10-24-19/h4,6,8-9,11-12,14,19,24,27H,1-3,5,7,10,13,15-17H2,(H,26,28). The van der Waals surface area contributed by atoms with Crippen LogP contribution in [0.15, 0.2) is 53.0 Å². The van der Waals surface area contributed by atoms with Gasteiger partial charge in [0.05, 0.1) is 12.8 Å². The van der Waals surface area contributed by atoms with Gasteiger partial charge >= 0.3 is 0 Å². The number of sulfone groups is 1. The molecule has 2 aromatic heterocycles. The van der Waals surface area contributed by atoms with Crippen molar-refractivity contribution in [1.82, 2.24) is 15.6 Å². The number of allylic oxidation sites excluding steroid dienone is 1. The van der Waals surface area contributed by atoms with E-state index in [-0.39, 0.29) is 23.8 Å². The monoisotopic (exact) mass is 461 g/mol. The van der Waals surface area contributed by atoms with E-state index >= 15 is 0 Å². The highest BCUT2D eigenvalue weighted by molar-refractivity contribution is 7.91. The number of pyridine rings is 1. The van der Waals surface area contributed by atoms with Crippen molar-refractivity contribution >= 4 is 15.7 Å². The van der Waals surface area contributed by atoms with Gasteiger partial charge < -0.3 is 20.2 Å². The van der Waals surface area contributed by atoms with Crippen LogP contribution in [0.5, 0.6) is 0 Å². The van der Waals surface area contributed by atoms with Gasteiger partial charge in [-0.1, -0.05) is 12.8 Å². The fourth-order valence-corrected chi connectivity index (χ4v) is 4.92. The number of aliphatic hydroxyl groups excluding tert-OH is 1. The van der Waals surface area contributed by atoms with Gasteiger partial charge in [0, 0.05) is 24.4 Å². The minimum Gasteiger partial charge on any atom is -0.511 e. The van der Waals surface area contributed by atoms with E-state index in [1.807, 2.05) is 12.1 Å². The zero-order chi connectivity index (χ0) is 22.8. The topological polar surface area (TPSA) is 122 Å². The van der Waals surface area contributed by atoms with E-state index in [2.05, 4.69) is 15.6 Å². The number of aromatic nitrogens is 1. The molecule has 0 bridgehead atoms. The summed E-state index contributed by atoms with van der Waals surface area (Å²) in [6.07, 6.45) is 11.0. The third-order valence-electron chi connectivity index (χ3n) is 5.33. The molecule has 1 aliphatic rings. The number of nitrogens with one attached hydrogen (secondary N) is 2. The first-order valence-electron chi connectivity index (χ1n) is 10.9. The molecule has 3 heterocycles. The number of amides is 1. The lowest BCUT2D eigenvalue weighted by Crippen LogP contribution is -2.32. The summed E-state index contributed by atoms with van der Waals surface area (Å²) >= 11 is 0. The molecule has 0 aromatic carbocycles. The first kappa shape index (κ1) is 24.0. The van der Waals surface area contributed by atoms with Crippen LogP contribution in [0.1, 0.15) is 42.7 Å². The quantitative estimate of drug-likeness (QED) is 0.465. The minimum absolute atomic E-state index is 0.0422. The molecule has 3 N–H and O–H groups in total. The van der Waals surface area contributed by atoms with Crippen molar-refractivity contribution in [2.75, 3.05) is 18.8 Å². The Morgan fingerprint density at radius 2 is 2.19 bits per heavy atom. The molecule has 32 heavy (non-hydrogen) atoms. The molecule has 1 saturated heterocycles. The van der Waals surface area contributed by atoms with Gasteiger partial charge in [-0.3, -0.25) is 9.78 Å². The molecular formula is C23H31N3O5S. The SMILES string of the molecule is O=C(CS(=O)(=O)Cc1ccco1)NCC(O)=CCc1cc(CC2CCCCCN2)ccn1. The smallest absolute Gasteiger partial charge is 0.235 e. The van der Waals surface area contributed by atoms with E-state index in [9.17, 15) is 18.3 Å². The van der Waals surface area contributed by atoms with Crippen molar-refractivity contribution in [3.05, 3.63) is 65.6 Å². The van der Waals surface area contributed by atoms with E-state index in [0.717, 1.165) is 18.7 Å². The highest BCUT2D eigenvalue weighted by Crippen LogP contribution is 2.14. The van der Waals surface area contributed by atoms with Gasteiger partial charge in [-0.15, -0.1) is 0 Å². The second-order valence-corrected chi connectivity index (χ2v) is 10.2. The number of hydrogen-bond donors (Lipinski definition) is 3. The number of rotatable bonds is 10. The molecule has 8 nitrogen and oxygen atoms in total. The maximum absolute atomic E-state index is 12.0. The summed E-state index contributed by atoms with van der Waals surface area (Å²) in [6, 6.07) is 7.67. The highest BCUT2D eigenvalue weighted by Gasteiger charge is 2.19. The van der Waals surface area contributed by atoms with Crippen molar-refractivity contribution in [3.63, 3.8) is 0 Å². The number of furan rings is 1. The molecule has 1 unspecified atom stereocenters. The van der Waals surface area contributed by atoms with E-state index in [1.54, 1.807) is 24.4 Å². The summed E-state index contributed by atoms with van der Waals surface area (Å²) in [5.41, 5.74) is 2.03. The number of carbonyl (C=O) groups is 1. The zero-order valence-corrected chi connectivity index (χ0v) is 18.9. The van der Waals surface area contributed by atoms with Gasteiger partial charge in [-0.2, -0.15) is 0 Å². The number of nitrogens with zero attached hydrogens (tertiary/aromatic N) is 1. The summed E-state index contributed by atoms with van der Waals surface area (Å²) in [5.74, 6) is -1.44. The van der Waals surface area contributed by atoms with Gasteiger partial charge in [0.25, 0.3) is 0 Å². The van der Waals surface area contributed by atoms with Crippen LogP contribution in [-0.2, 0) is 33.2 Å². The van der Waals surface area contributed by atoms with Gasteiger partial charge in [0.2, 0.25) is 5.91 Å². The Balaban J connectivity index is 1.44. The molecule has 0 aliphatic carbocycles. The Kier molecular flexibility index (Phi) is 8.87. The minimum atomic E-state index is -3.65. The molecule has 2 aromatic rings. The second-order valence-electron chi connectivity index (χ2n) is 8.15. The summed E-state index contributed by atoms with van der Waals surface area (Å²) in [6.45, 7) is 0.926. The van der Waals surface area contributed by atoms with Crippen molar-refractivity contribution in [1.29, 1.82) is 0 Å². The van der Waals surface area contributed by atoms with Crippen LogP contribution in [0, 0.1) is 0 Å². The lowest BCUT2D eigenvalue weighted by atomic mass is 10.0. The van der Waals surface area contributed by atoms with Gasteiger partial charge in [0.15, 0.2) is 9.84 Å². The van der Waals surface area contributed by atoms with Crippen LogP contribution in [-0.4, -0.2) is 49.3 Å². The van der Waals surface area contributed by atoms with Crippen LogP contribution < -0.4 is 10.6 Å². The van der Waals surface area contributed by atoms with Gasteiger partial charge in [-0.05, 0) is 61.7 Å². The summed E-state index contributed by atoms with van der Waals surface area (Å²) in [4.78, 5) is 16.3. The Bertz CT molecular complexity index is 994. The van der Waals surface area contributed by atoms with Crippen molar-refractivity contribution in [2.45, 2.75) is 50.3 Å². The van der Waals surface area contributed by atoms with Crippen molar-refractivity contribution < 1.29 is 22.7 Å². The highest BCUT2D eigenvalue weighted by atomic mass is 32.2. The molecule has 1 atom stereocenters. The van der Waals surface area contributed by atoms with E-state index < -0.39 is 21.5 Å². The third kappa shape index (κ3) is 8.47. The summed E-state index contributed by atoms with van der Waals surface area (Å²) in [7, 11) is -3.65. The van der Waals surface area contributed by atoms with Crippen LogP contribution in [0.25, 0.3) is 0 Å². The predicted molar refractivity (Wildman–Crippen MR) is 122 cm³/mol. The van der Waals surface area contributed by atoms with Gasteiger partial charge in [-0.25, -0.2) is 8.42 Å². The summed E-state index contributed by atoms with van der Waals surface area (Å²) < 4.78 is 29.1. The second kappa shape index (κ2) is 11.8. The molecule has 3 rings (SSSR count). The van der Waals surface area contributed by atoms with Crippen LogP contribution in [0.4, 0.5) is 0 Å². The van der Waals surface area contributed by atoms with Gasteiger partial charge in [0.1, 0.15) is 23.0 Å². The molecule has 174 valence electrons. The van der Waals surface area contributed by atoms with E-state index in [4.69, 9.17) is 4.42 Å². The average molecular weight is 462 g/mol. The Morgan fingerprint density at radius 1 is 1.31 bits per heavy atom. The first-order chi connectivity index (χ1) is 15.4. The third-order valence-corrected chi connectivity index (χ3v) is 6.76. The molecule has 0 saturated carbocycles. The number of aliphatic hydroxyl groups is 1. The van der Waals surface area contributed by atoms with E-state index in [1.165, 1.54) is 37.5 Å². The lowest BCUT2D eigenvalue weighted by molar-refractivity contribution is -0.118. The van der Waals surface area contributed by atoms with Crippen LogP contribution >= 0.6 is 0 Å². The molecule has 0 radical (unpaired) electrons. The Labute approximate surface area is 189 Å². The maximum atomic E-state index is 12.0. The van der Waals surface area contributed by atoms with Crippen molar-refractivity contribution in [2.24, 2.45) is 0 Å². The zero-order valence-electron chi connectivity index (χ0n) is 18.1. The van der Waals surface area contributed by atoms with Crippen LogP contribution in [0.2, 0.25) is 0 Å². The largest absolute Gasteiger partial charge is 0.511 e. The lowest BCUT2D eigenvalue weighted by Gasteiger charge is -2.15. The van der Waals surface area contributed by atoms with Crippen LogP contribution in [0.3, 0.4) is 0 Å². The van der Waals surface area contributed by atoms with E-state index in [0.29, 0.717) is 12.5 Å². The molecular weight excluding hydrogens is 430 g/mol. The Hall–Kier alpha value is -2.65. The summed E-state index contributed by atoms with van der Waals surface area (Å²) in [5, 5.41) is 16.1. The molecule has 1 amide bonds. The number of hydrogen-bond acceptors (Lipinski definition) is 7. The Morgan fingerprint density at radius 3 is 3.00 bits per heavy atom. The fourth-order valence-electron chi connectivity index (χ4n) is 3.72.